The summed E-state index contributed by atoms with van der Waals surface area (Å²) in [5.41, 5.74) is 1.13. The van der Waals surface area contributed by atoms with E-state index < -0.39 is 11.4 Å². The molecule has 0 saturated carbocycles. The summed E-state index contributed by atoms with van der Waals surface area (Å²) in [6.45, 7) is 5.95. The average molecular weight is 453 g/mol. The zero-order chi connectivity index (χ0) is 22.7. The van der Waals surface area contributed by atoms with Gasteiger partial charge in [-0.15, -0.1) is 16.8 Å². The van der Waals surface area contributed by atoms with Crippen LogP contribution in [0.1, 0.15) is 17.0 Å². The van der Waals surface area contributed by atoms with Gasteiger partial charge in [0.25, 0.3) is 0 Å². The molecular formula is C23H20FN3O4S. The van der Waals surface area contributed by atoms with Crippen molar-refractivity contribution in [3.8, 4) is 11.5 Å². The second-order valence-corrected chi connectivity index (χ2v) is 7.93. The Morgan fingerprint density at radius 1 is 1.28 bits per heavy atom. The van der Waals surface area contributed by atoms with E-state index in [0.717, 1.165) is 10.9 Å². The Hall–Kier alpha value is -3.59. The number of phenolic OH excluding ortho intramolecular Hbond substituents is 1. The molecule has 0 saturated heterocycles. The lowest BCUT2D eigenvalue weighted by Crippen LogP contribution is -2.08. The molecule has 2 heterocycles. The molecule has 32 heavy (non-hydrogen) atoms. The van der Waals surface area contributed by atoms with E-state index in [0.29, 0.717) is 34.4 Å². The molecule has 0 atom stereocenters. The van der Waals surface area contributed by atoms with Crippen molar-refractivity contribution in [3.63, 3.8) is 0 Å². The number of hydrogen-bond acceptors (Lipinski definition) is 7. The number of fused-ring (bicyclic) bond motifs is 1. The number of allylic oxidation sites excluding steroid dienone is 1. The van der Waals surface area contributed by atoms with Gasteiger partial charge in [-0.1, -0.05) is 30.0 Å². The minimum atomic E-state index is -0.492. The predicted molar refractivity (Wildman–Crippen MR) is 119 cm³/mol. The lowest BCUT2D eigenvalue weighted by Gasteiger charge is -2.10. The highest BCUT2D eigenvalue weighted by Gasteiger charge is 2.16. The van der Waals surface area contributed by atoms with Gasteiger partial charge in [-0.05, 0) is 36.8 Å². The lowest BCUT2D eigenvalue weighted by atomic mass is 10.1. The van der Waals surface area contributed by atoms with Crippen LogP contribution in [-0.2, 0) is 18.9 Å². The van der Waals surface area contributed by atoms with Gasteiger partial charge < -0.3 is 14.3 Å². The van der Waals surface area contributed by atoms with E-state index in [2.05, 4.69) is 16.8 Å². The van der Waals surface area contributed by atoms with Gasteiger partial charge in [-0.2, -0.15) is 0 Å². The Balaban J connectivity index is 1.58. The van der Waals surface area contributed by atoms with Crippen LogP contribution in [0.15, 0.2) is 69.5 Å². The summed E-state index contributed by atoms with van der Waals surface area (Å²) in [4.78, 5) is 12.0. The van der Waals surface area contributed by atoms with Crippen LogP contribution in [0.5, 0.6) is 11.5 Å². The van der Waals surface area contributed by atoms with Gasteiger partial charge >= 0.3 is 5.63 Å². The Bertz CT molecular complexity index is 1350. The number of phenols is 1. The third-order valence-corrected chi connectivity index (χ3v) is 5.89. The van der Waals surface area contributed by atoms with Crippen molar-refractivity contribution in [1.82, 2.24) is 14.8 Å². The standard InChI is InChI=1S/C23H20FN3O4S/c1-3-10-27-20(12-30-19-7-5-4-6-17(19)24)25-26-23(27)32-13-15-11-21(29)31-22-14(2)18(28)9-8-16(15)22/h3-9,11,28H,1,10,12-13H2,2H3. The molecule has 164 valence electrons. The van der Waals surface area contributed by atoms with Gasteiger partial charge in [0.1, 0.15) is 17.9 Å². The fraction of sp³-hybridized carbons (Fsp3) is 0.174. The summed E-state index contributed by atoms with van der Waals surface area (Å²) < 4.78 is 26.5. The van der Waals surface area contributed by atoms with Gasteiger partial charge in [0.05, 0.1) is 0 Å². The van der Waals surface area contributed by atoms with Crippen molar-refractivity contribution in [2.45, 2.75) is 31.0 Å². The van der Waals surface area contributed by atoms with Crippen molar-refractivity contribution in [2.24, 2.45) is 0 Å². The highest BCUT2D eigenvalue weighted by Crippen LogP contribution is 2.31. The Morgan fingerprint density at radius 3 is 2.88 bits per heavy atom. The van der Waals surface area contributed by atoms with Crippen LogP contribution >= 0.6 is 11.8 Å². The summed E-state index contributed by atoms with van der Waals surface area (Å²) in [6, 6.07) is 10.9. The molecule has 4 rings (SSSR count). The number of aromatic hydroxyl groups is 1. The number of benzene rings is 2. The highest BCUT2D eigenvalue weighted by atomic mass is 32.2. The molecule has 0 amide bonds. The number of para-hydroxylation sites is 1. The van der Waals surface area contributed by atoms with Crippen LogP contribution in [0, 0.1) is 12.7 Å². The Labute approximate surface area is 187 Å². The number of thioether (sulfide) groups is 1. The highest BCUT2D eigenvalue weighted by molar-refractivity contribution is 7.98. The normalized spacial score (nSPS) is 11.1. The summed E-state index contributed by atoms with van der Waals surface area (Å²) in [5.74, 6) is 0.698. The topological polar surface area (TPSA) is 90.4 Å². The number of nitrogens with zero attached hydrogens (tertiary/aromatic N) is 3. The first-order valence-electron chi connectivity index (χ1n) is 9.76. The number of aryl methyl sites for hydroxylation is 1. The molecular weight excluding hydrogens is 433 g/mol. The van der Waals surface area contributed by atoms with Gasteiger partial charge in [-0.25, -0.2) is 9.18 Å². The van der Waals surface area contributed by atoms with Crippen LogP contribution in [0.2, 0.25) is 0 Å². The van der Waals surface area contributed by atoms with Crippen molar-refractivity contribution >= 4 is 22.7 Å². The van der Waals surface area contributed by atoms with Crippen molar-refractivity contribution in [2.75, 3.05) is 0 Å². The van der Waals surface area contributed by atoms with Gasteiger partial charge in [0.2, 0.25) is 0 Å². The zero-order valence-electron chi connectivity index (χ0n) is 17.2. The third-order valence-electron chi connectivity index (χ3n) is 4.87. The van der Waals surface area contributed by atoms with Crippen LogP contribution in [0.25, 0.3) is 11.0 Å². The Morgan fingerprint density at radius 2 is 2.09 bits per heavy atom. The van der Waals surface area contributed by atoms with Crippen LogP contribution in [0.3, 0.4) is 0 Å². The molecule has 2 aromatic carbocycles. The van der Waals surface area contributed by atoms with E-state index in [1.165, 1.54) is 23.9 Å². The predicted octanol–water partition coefficient (Wildman–Crippen LogP) is 4.59. The molecule has 4 aromatic rings. The van der Waals surface area contributed by atoms with Crippen LogP contribution < -0.4 is 10.4 Å². The van der Waals surface area contributed by atoms with Crippen LogP contribution in [0.4, 0.5) is 4.39 Å². The molecule has 9 heteroatoms. The van der Waals surface area contributed by atoms with E-state index in [1.54, 1.807) is 43.3 Å². The number of rotatable bonds is 8. The molecule has 0 bridgehead atoms. The van der Waals surface area contributed by atoms with Crippen molar-refractivity contribution in [1.29, 1.82) is 0 Å². The SMILES string of the molecule is C=CCn1c(COc2ccccc2F)nnc1SCc1cc(=O)oc2c(C)c(O)ccc12. The maximum absolute atomic E-state index is 13.8. The number of hydrogen-bond donors (Lipinski definition) is 1. The quantitative estimate of drug-likeness (QED) is 0.237. The summed E-state index contributed by atoms with van der Waals surface area (Å²) in [7, 11) is 0. The van der Waals surface area contributed by atoms with E-state index in [1.807, 2.05) is 4.57 Å². The first-order chi connectivity index (χ1) is 15.5. The van der Waals surface area contributed by atoms with Gasteiger partial charge in [-0.3, -0.25) is 4.57 Å². The minimum absolute atomic E-state index is 0.0403. The first-order valence-corrected chi connectivity index (χ1v) is 10.7. The molecule has 2 aromatic heterocycles. The fourth-order valence-corrected chi connectivity index (χ4v) is 4.18. The van der Waals surface area contributed by atoms with E-state index in [4.69, 9.17) is 9.15 Å². The zero-order valence-corrected chi connectivity index (χ0v) is 18.1. The third kappa shape index (κ3) is 4.38. The number of aromatic nitrogens is 3. The fourth-order valence-electron chi connectivity index (χ4n) is 3.23. The first kappa shape index (κ1) is 21.6. The second kappa shape index (κ2) is 9.27. The molecule has 1 N–H and O–H groups in total. The summed E-state index contributed by atoms with van der Waals surface area (Å²) >= 11 is 1.39. The maximum Gasteiger partial charge on any atom is 0.336 e. The number of halogens is 1. The average Bonchev–Trinajstić information content (AvgIpc) is 3.16. The van der Waals surface area contributed by atoms with Gasteiger partial charge in [0, 0.05) is 29.3 Å². The molecule has 0 unspecified atom stereocenters. The van der Waals surface area contributed by atoms with E-state index in [9.17, 15) is 14.3 Å². The second-order valence-electron chi connectivity index (χ2n) is 6.98. The van der Waals surface area contributed by atoms with E-state index >= 15 is 0 Å². The Kier molecular flexibility index (Phi) is 6.27. The van der Waals surface area contributed by atoms with Crippen LogP contribution in [-0.4, -0.2) is 19.9 Å². The van der Waals surface area contributed by atoms with E-state index in [-0.39, 0.29) is 18.1 Å². The molecule has 7 nitrogen and oxygen atoms in total. The van der Waals surface area contributed by atoms with Crippen molar-refractivity contribution in [3.05, 3.63) is 88.3 Å². The monoisotopic (exact) mass is 453 g/mol. The molecule has 0 fully saturated rings. The molecule has 0 spiro atoms. The largest absolute Gasteiger partial charge is 0.508 e. The molecule has 0 aliphatic rings. The summed E-state index contributed by atoms with van der Waals surface area (Å²) in [6.07, 6.45) is 1.71. The maximum atomic E-state index is 13.8. The molecule has 0 aliphatic carbocycles. The molecule has 0 radical (unpaired) electrons. The smallest absolute Gasteiger partial charge is 0.336 e. The molecule has 0 aliphatic heterocycles. The minimum Gasteiger partial charge on any atom is -0.508 e. The van der Waals surface area contributed by atoms with Crippen molar-refractivity contribution < 1.29 is 18.7 Å². The summed E-state index contributed by atoms with van der Waals surface area (Å²) in [5, 5.41) is 19.7. The number of ether oxygens (including phenoxy) is 1. The van der Waals surface area contributed by atoms with Gasteiger partial charge in [0.15, 0.2) is 22.5 Å². The lowest BCUT2D eigenvalue weighted by molar-refractivity contribution is 0.275.